The van der Waals surface area contributed by atoms with E-state index < -0.39 is 0 Å². The smallest absolute Gasteiger partial charge is 0.334 e. The zero-order valence-electron chi connectivity index (χ0n) is 29.9. The summed E-state index contributed by atoms with van der Waals surface area (Å²) >= 11 is 0. The monoisotopic (exact) mass is 650 g/mol. The maximum Gasteiger partial charge on any atom is 0.334 e. The highest BCUT2D eigenvalue weighted by atomic mass is 16.5. The third-order valence-electron chi connectivity index (χ3n) is 9.18. The summed E-state index contributed by atoms with van der Waals surface area (Å²) in [6, 6.07) is 8.39. The molecule has 1 aliphatic rings. The van der Waals surface area contributed by atoms with E-state index >= 15 is 0 Å². The van der Waals surface area contributed by atoms with Crippen LogP contribution < -0.4 is 0 Å². The fourth-order valence-corrected chi connectivity index (χ4v) is 6.25. The SMILES string of the molecule is O=C1OC(CCCCCC#CCCCCCCCCc2cccnc2)C=C1CCCCCC#CCCCCCCCCc1cccnc1. The molecule has 1 aliphatic heterocycles. The van der Waals surface area contributed by atoms with Gasteiger partial charge in [-0.25, -0.2) is 4.79 Å². The largest absolute Gasteiger partial charge is 0.455 e. The molecule has 48 heavy (non-hydrogen) atoms. The van der Waals surface area contributed by atoms with Crippen molar-refractivity contribution in [2.75, 3.05) is 0 Å². The summed E-state index contributed by atoms with van der Waals surface area (Å²) in [7, 11) is 0. The van der Waals surface area contributed by atoms with E-state index in [9.17, 15) is 4.79 Å². The molecule has 2 aromatic heterocycles. The van der Waals surface area contributed by atoms with Crippen molar-refractivity contribution in [3.8, 4) is 23.7 Å². The molecule has 0 saturated heterocycles. The Bertz CT molecular complexity index is 1250. The summed E-state index contributed by atoms with van der Waals surface area (Å²) < 4.78 is 5.61. The van der Waals surface area contributed by atoms with Crippen molar-refractivity contribution >= 4 is 5.97 Å². The molecule has 0 spiro atoms. The van der Waals surface area contributed by atoms with Crippen molar-refractivity contribution in [2.45, 2.75) is 173 Å². The van der Waals surface area contributed by atoms with Gasteiger partial charge in [-0.15, -0.1) is 23.7 Å². The molecule has 4 heteroatoms. The molecule has 3 rings (SSSR count). The highest BCUT2D eigenvalue weighted by Crippen LogP contribution is 2.23. The Morgan fingerprint density at radius 3 is 1.42 bits per heavy atom. The second-order valence-electron chi connectivity index (χ2n) is 13.5. The minimum absolute atomic E-state index is 0.0216. The summed E-state index contributed by atoms with van der Waals surface area (Å²) in [5.41, 5.74) is 3.59. The number of unbranched alkanes of at least 4 members (excludes halogenated alkanes) is 18. The van der Waals surface area contributed by atoms with Crippen LogP contribution in [0.1, 0.15) is 165 Å². The lowest BCUT2D eigenvalue weighted by molar-refractivity contribution is -0.140. The van der Waals surface area contributed by atoms with Crippen LogP contribution in [0.4, 0.5) is 0 Å². The van der Waals surface area contributed by atoms with Gasteiger partial charge in [0.15, 0.2) is 0 Å². The van der Waals surface area contributed by atoms with Gasteiger partial charge in [-0.3, -0.25) is 9.97 Å². The predicted molar refractivity (Wildman–Crippen MR) is 200 cm³/mol. The predicted octanol–water partition coefficient (Wildman–Crippen LogP) is 11.5. The number of aromatic nitrogens is 2. The number of carbonyl (C=O) groups excluding carboxylic acids is 1. The van der Waals surface area contributed by atoms with Crippen LogP contribution in [0.3, 0.4) is 0 Å². The Kier molecular flexibility index (Phi) is 22.4. The van der Waals surface area contributed by atoms with E-state index in [0.29, 0.717) is 0 Å². The zero-order valence-corrected chi connectivity index (χ0v) is 29.9. The first-order chi connectivity index (χ1) is 23.8. The lowest BCUT2D eigenvalue weighted by Crippen LogP contribution is -2.08. The van der Waals surface area contributed by atoms with Crippen molar-refractivity contribution in [1.29, 1.82) is 0 Å². The topological polar surface area (TPSA) is 52.1 Å². The van der Waals surface area contributed by atoms with Crippen molar-refractivity contribution < 1.29 is 9.53 Å². The number of hydrogen-bond donors (Lipinski definition) is 0. The van der Waals surface area contributed by atoms with Crippen molar-refractivity contribution in [1.82, 2.24) is 9.97 Å². The van der Waals surface area contributed by atoms with Gasteiger partial charge in [0.25, 0.3) is 0 Å². The van der Waals surface area contributed by atoms with E-state index in [4.69, 9.17) is 4.74 Å². The number of aryl methyl sites for hydroxylation is 2. The van der Waals surface area contributed by atoms with E-state index in [-0.39, 0.29) is 12.1 Å². The van der Waals surface area contributed by atoms with Crippen LogP contribution in [0, 0.1) is 23.7 Å². The van der Waals surface area contributed by atoms with Crippen LogP contribution in [0.15, 0.2) is 60.7 Å². The summed E-state index contributed by atoms with van der Waals surface area (Å²) in [5.74, 6) is 13.3. The number of pyridine rings is 2. The Balaban J connectivity index is 1.04. The molecule has 0 amide bonds. The Labute approximate surface area is 293 Å². The standard InChI is InChI=1S/C44H62N2O2/c47-44-42(33-25-21-17-13-9-5-1-3-7-11-15-19-23-29-40-31-27-35-45-38-40)37-43(48-44)34-26-22-18-14-10-6-2-4-8-12-16-20-24-30-41-32-28-36-46-39-41/h27-28,31-32,35-39,43H,1-4,7-8,11-26,29-30,33-34H2. The number of nitrogens with zero attached hydrogens (tertiary/aromatic N) is 2. The molecule has 0 bridgehead atoms. The normalized spacial score (nSPS) is 13.7. The Morgan fingerprint density at radius 2 is 0.938 bits per heavy atom. The summed E-state index contributed by atoms with van der Waals surface area (Å²) in [4.78, 5) is 20.6. The molecular weight excluding hydrogens is 588 g/mol. The van der Waals surface area contributed by atoms with E-state index in [1.807, 2.05) is 36.9 Å². The average molecular weight is 651 g/mol. The molecule has 0 saturated carbocycles. The number of ether oxygens (including phenoxy) is 1. The van der Waals surface area contributed by atoms with Gasteiger partial charge < -0.3 is 4.74 Å². The molecule has 0 fully saturated rings. The maximum absolute atomic E-state index is 12.3. The molecule has 3 heterocycles. The lowest BCUT2D eigenvalue weighted by atomic mass is 10.0. The fourth-order valence-electron chi connectivity index (χ4n) is 6.25. The second-order valence-corrected chi connectivity index (χ2v) is 13.5. The Morgan fingerprint density at radius 1 is 0.521 bits per heavy atom. The van der Waals surface area contributed by atoms with Gasteiger partial charge >= 0.3 is 5.97 Å². The van der Waals surface area contributed by atoms with E-state index in [1.54, 1.807) is 0 Å². The van der Waals surface area contributed by atoms with Crippen LogP contribution in [0.25, 0.3) is 0 Å². The fraction of sp³-hybridized carbons (Fsp3) is 0.614. The number of cyclic esters (lactones) is 1. The molecule has 0 aliphatic carbocycles. The lowest BCUT2D eigenvalue weighted by Gasteiger charge is -2.06. The van der Waals surface area contributed by atoms with Gasteiger partial charge in [-0.05, 0) is 106 Å². The molecule has 0 N–H and O–H groups in total. The quantitative estimate of drug-likeness (QED) is 0.0577. The minimum Gasteiger partial charge on any atom is -0.455 e. The number of esters is 1. The van der Waals surface area contributed by atoms with E-state index in [2.05, 4.69) is 51.9 Å². The Hall–Kier alpha value is -3.37. The minimum atomic E-state index is -0.0936. The molecule has 1 atom stereocenters. The van der Waals surface area contributed by atoms with Crippen LogP contribution in [-0.2, 0) is 22.4 Å². The molecule has 0 radical (unpaired) electrons. The molecule has 4 nitrogen and oxygen atoms in total. The second kappa shape index (κ2) is 27.6. The van der Waals surface area contributed by atoms with Crippen LogP contribution in [0.5, 0.6) is 0 Å². The molecule has 1 unspecified atom stereocenters. The van der Waals surface area contributed by atoms with Gasteiger partial charge in [0.2, 0.25) is 0 Å². The van der Waals surface area contributed by atoms with Gasteiger partial charge in [0.05, 0.1) is 0 Å². The van der Waals surface area contributed by atoms with E-state index in [0.717, 1.165) is 95.5 Å². The summed E-state index contributed by atoms with van der Waals surface area (Å²) in [6.45, 7) is 0. The third-order valence-corrected chi connectivity index (χ3v) is 9.18. The highest BCUT2D eigenvalue weighted by molar-refractivity contribution is 5.90. The van der Waals surface area contributed by atoms with Crippen LogP contribution >= 0.6 is 0 Å². The maximum atomic E-state index is 12.3. The zero-order chi connectivity index (χ0) is 33.6. The summed E-state index contributed by atoms with van der Waals surface area (Å²) in [5, 5.41) is 0. The van der Waals surface area contributed by atoms with Crippen LogP contribution in [0.2, 0.25) is 0 Å². The highest BCUT2D eigenvalue weighted by Gasteiger charge is 2.24. The summed E-state index contributed by atoms with van der Waals surface area (Å²) in [6.07, 6.45) is 39.9. The van der Waals surface area contributed by atoms with Crippen molar-refractivity contribution in [3.05, 3.63) is 71.8 Å². The molecule has 260 valence electrons. The number of hydrogen-bond acceptors (Lipinski definition) is 4. The number of rotatable bonds is 26. The first-order valence-electron chi connectivity index (χ1n) is 19.4. The first kappa shape index (κ1) is 39.1. The van der Waals surface area contributed by atoms with Gasteiger partial charge in [-0.1, -0.05) is 76.3 Å². The third kappa shape index (κ3) is 20.1. The molecule has 2 aromatic rings. The van der Waals surface area contributed by atoms with Crippen LogP contribution in [-0.4, -0.2) is 22.0 Å². The van der Waals surface area contributed by atoms with Gasteiger partial charge in [0, 0.05) is 56.0 Å². The molecular formula is C44H62N2O2. The molecule has 0 aromatic carbocycles. The van der Waals surface area contributed by atoms with E-state index in [1.165, 1.54) is 88.2 Å². The first-order valence-corrected chi connectivity index (χ1v) is 19.4. The van der Waals surface area contributed by atoms with Gasteiger partial charge in [-0.2, -0.15) is 0 Å². The van der Waals surface area contributed by atoms with Crippen molar-refractivity contribution in [2.24, 2.45) is 0 Å². The number of carbonyl (C=O) groups is 1. The van der Waals surface area contributed by atoms with Crippen molar-refractivity contribution in [3.63, 3.8) is 0 Å². The average Bonchev–Trinajstić information content (AvgIpc) is 3.47. The van der Waals surface area contributed by atoms with Gasteiger partial charge in [0.1, 0.15) is 6.10 Å².